The summed E-state index contributed by atoms with van der Waals surface area (Å²) in [5, 5.41) is 12.5. The van der Waals surface area contributed by atoms with E-state index in [1.165, 1.54) is 29.2 Å². The summed E-state index contributed by atoms with van der Waals surface area (Å²) < 4.78 is 0. The van der Waals surface area contributed by atoms with Gasteiger partial charge in [-0.1, -0.05) is 26.0 Å². The Morgan fingerprint density at radius 3 is 2.67 bits per heavy atom. The molecule has 2 rings (SSSR count). The second-order valence-electron chi connectivity index (χ2n) is 5.90. The van der Waals surface area contributed by atoms with Crippen LogP contribution >= 0.6 is 11.8 Å². The quantitative estimate of drug-likeness (QED) is 0.877. The Morgan fingerprint density at radius 1 is 1.33 bits per heavy atom. The van der Waals surface area contributed by atoms with E-state index in [0.717, 1.165) is 6.42 Å². The molecule has 1 aliphatic heterocycles. The molecule has 0 bridgehead atoms. The Morgan fingerprint density at radius 2 is 2.06 bits per heavy atom. The van der Waals surface area contributed by atoms with Gasteiger partial charge in [0.1, 0.15) is 0 Å². The first-order valence-electron chi connectivity index (χ1n) is 6.63. The van der Waals surface area contributed by atoms with Crippen LogP contribution in [0.2, 0.25) is 0 Å². The van der Waals surface area contributed by atoms with E-state index in [2.05, 4.69) is 43.4 Å². The second-order valence-corrected chi connectivity index (χ2v) is 6.93. The molecule has 1 aromatic carbocycles. The third kappa shape index (κ3) is 3.92. The van der Waals surface area contributed by atoms with Crippen LogP contribution in [0.4, 0.5) is 5.69 Å². The van der Waals surface area contributed by atoms with Gasteiger partial charge in [-0.2, -0.15) is 11.8 Å². The van der Waals surface area contributed by atoms with Crippen LogP contribution in [0.25, 0.3) is 0 Å². The first-order valence-corrected chi connectivity index (χ1v) is 7.79. The van der Waals surface area contributed by atoms with Gasteiger partial charge in [-0.3, -0.25) is 0 Å². The summed E-state index contributed by atoms with van der Waals surface area (Å²) in [7, 11) is 0. The largest absolute Gasteiger partial charge is 0.396 e. The summed E-state index contributed by atoms with van der Waals surface area (Å²) >= 11 is 2.04. The maximum absolute atomic E-state index is 8.89. The van der Waals surface area contributed by atoms with Crippen molar-refractivity contribution in [2.45, 2.75) is 32.7 Å². The smallest absolute Gasteiger partial charge is 0.0471 e. The number of anilines is 1. The summed E-state index contributed by atoms with van der Waals surface area (Å²) in [6, 6.07) is 9.01. The zero-order chi connectivity index (χ0) is 13.0. The van der Waals surface area contributed by atoms with Crippen molar-refractivity contribution < 1.29 is 5.11 Å². The highest BCUT2D eigenvalue weighted by molar-refractivity contribution is 7.99. The van der Waals surface area contributed by atoms with E-state index in [1.54, 1.807) is 0 Å². The molecule has 1 saturated heterocycles. The van der Waals surface area contributed by atoms with Crippen molar-refractivity contribution in [3.63, 3.8) is 0 Å². The first-order chi connectivity index (χ1) is 8.59. The van der Waals surface area contributed by atoms with Crippen LogP contribution in [0.15, 0.2) is 24.3 Å². The topological polar surface area (TPSA) is 32.3 Å². The Balaban J connectivity index is 1.92. The van der Waals surface area contributed by atoms with Crippen LogP contribution < -0.4 is 5.32 Å². The Kier molecular flexibility index (Phi) is 4.57. The van der Waals surface area contributed by atoms with Gasteiger partial charge in [0, 0.05) is 24.1 Å². The van der Waals surface area contributed by atoms with E-state index in [0.29, 0.717) is 11.5 Å². The SMILES string of the molecule is CC1(C)CSCC(Nc2ccc(CCO)cc2)C1. The van der Waals surface area contributed by atoms with Crippen molar-refractivity contribution in [1.29, 1.82) is 0 Å². The van der Waals surface area contributed by atoms with Gasteiger partial charge >= 0.3 is 0 Å². The molecular weight excluding hydrogens is 242 g/mol. The number of aliphatic hydroxyl groups excluding tert-OH is 1. The van der Waals surface area contributed by atoms with Crippen molar-refractivity contribution in [2.24, 2.45) is 5.41 Å². The van der Waals surface area contributed by atoms with Crippen LogP contribution in [0.3, 0.4) is 0 Å². The van der Waals surface area contributed by atoms with Crippen molar-refractivity contribution in [3.05, 3.63) is 29.8 Å². The van der Waals surface area contributed by atoms with Gasteiger partial charge in [0.2, 0.25) is 0 Å². The lowest BCUT2D eigenvalue weighted by atomic mass is 9.88. The van der Waals surface area contributed by atoms with Crippen LogP contribution in [-0.2, 0) is 6.42 Å². The molecule has 1 aliphatic rings. The van der Waals surface area contributed by atoms with Crippen molar-refractivity contribution in [1.82, 2.24) is 0 Å². The Hall–Kier alpha value is -0.670. The zero-order valence-electron chi connectivity index (χ0n) is 11.3. The minimum Gasteiger partial charge on any atom is -0.396 e. The van der Waals surface area contributed by atoms with Gasteiger partial charge in [0.15, 0.2) is 0 Å². The van der Waals surface area contributed by atoms with E-state index in [4.69, 9.17) is 5.11 Å². The van der Waals surface area contributed by atoms with Gasteiger partial charge in [0.25, 0.3) is 0 Å². The molecule has 0 aliphatic carbocycles. The third-order valence-electron chi connectivity index (χ3n) is 3.34. The maximum atomic E-state index is 8.89. The minimum absolute atomic E-state index is 0.222. The monoisotopic (exact) mass is 265 g/mol. The lowest BCUT2D eigenvalue weighted by Gasteiger charge is -2.35. The standard InChI is InChI=1S/C15H23NOS/c1-15(2)9-14(10-18-11-15)16-13-5-3-12(4-6-13)7-8-17/h3-6,14,16-17H,7-11H2,1-2H3. The molecule has 100 valence electrons. The van der Waals surface area contributed by atoms with Crippen molar-refractivity contribution >= 4 is 17.4 Å². The Labute approximate surface area is 114 Å². The van der Waals surface area contributed by atoms with Gasteiger partial charge in [-0.05, 0) is 41.7 Å². The number of rotatable bonds is 4. The molecule has 1 unspecified atom stereocenters. The van der Waals surface area contributed by atoms with Gasteiger partial charge in [-0.15, -0.1) is 0 Å². The molecule has 18 heavy (non-hydrogen) atoms. The molecule has 0 radical (unpaired) electrons. The van der Waals surface area contributed by atoms with E-state index >= 15 is 0 Å². The number of thioether (sulfide) groups is 1. The normalized spacial score (nSPS) is 22.7. The molecule has 3 heteroatoms. The number of hydrogen-bond acceptors (Lipinski definition) is 3. The van der Waals surface area contributed by atoms with E-state index in [1.807, 2.05) is 11.8 Å². The highest BCUT2D eigenvalue weighted by Crippen LogP contribution is 2.34. The fourth-order valence-corrected chi connectivity index (χ4v) is 3.76. The molecule has 1 fully saturated rings. The molecule has 1 aromatic rings. The first kappa shape index (κ1) is 13.8. The van der Waals surface area contributed by atoms with Gasteiger partial charge < -0.3 is 10.4 Å². The predicted octanol–water partition coefficient (Wildman–Crippen LogP) is 3.17. The lowest BCUT2D eigenvalue weighted by Crippen LogP contribution is -2.35. The lowest BCUT2D eigenvalue weighted by molar-refractivity contribution is 0.299. The minimum atomic E-state index is 0.222. The molecule has 0 spiro atoms. The molecule has 2 nitrogen and oxygen atoms in total. The van der Waals surface area contributed by atoms with Crippen molar-refractivity contribution in [2.75, 3.05) is 23.4 Å². The van der Waals surface area contributed by atoms with Crippen LogP contribution in [0, 0.1) is 5.41 Å². The van der Waals surface area contributed by atoms with Crippen LogP contribution in [-0.4, -0.2) is 29.3 Å². The summed E-state index contributed by atoms with van der Waals surface area (Å²) in [5.74, 6) is 2.46. The molecule has 1 heterocycles. The summed E-state index contributed by atoms with van der Waals surface area (Å²) in [6.45, 7) is 4.91. The zero-order valence-corrected chi connectivity index (χ0v) is 12.1. The molecule has 0 saturated carbocycles. The predicted molar refractivity (Wildman–Crippen MR) is 80.4 cm³/mol. The van der Waals surface area contributed by atoms with E-state index < -0.39 is 0 Å². The number of benzene rings is 1. The average Bonchev–Trinajstić information content (AvgIpc) is 2.31. The second kappa shape index (κ2) is 5.98. The maximum Gasteiger partial charge on any atom is 0.0471 e. The third-order valence-corrected chi connectivity index (χ3v) is 4.96. The fraction of sp³-hybridized carbons (Fsp3) is 0.600. The summed E-state index contributed by atoms with van der Waals surface area (Å²) in [4.78, 5) is 0. The molecule has 0 aromatic heterocycles. The average molecular weight is 265 g/mol. The fourth-order valence-electron chi connectivity index (χ4n) is 2.49. The molecule has 2 N–H and O–H groups in total. The molecular formula is C15H23NOS. The molecule has 1 atom stereocenters. The number of hydrogen-bond donors (Lipinski definition) is 2. The highest BCUT2D eigenvalue weighted by Gasteiger charge is 2.28. The van der Waals surface area contributed by atoms with Crippen LogP contribution in [0.1, 0.15) is 25.8 Å². The van der Waals surface area contributed by atoms with E-state index in [-0.39, 0.29) is 6.61 Å². The number of aliphatic hydroxyl groups is 1. The number of nitrogens with one attached hydrogen (secondary N) is 1. The van der Waals surface area contributed by atoms with Crippen molar-refractivity contribution in [3.8, 4) is 0 Å². The van der Waals surface area contributed by atoms with Gasteiger partial charge in [0.05, 0.1) is 0 Å². The molecule has 0 amide bonds. The van der Waals surface area contributed by atoms with Gasteiger partial charge in [-0.25, -0.2) is 0 Å². The summed E-state index contributed by atoms with van der Waals surface area (Å²) in [5.41, 5.74) is 2.83. The summed E-state index contributed by atoms with van der Waals surface area (Å²) in [6.07, 6.45) is 1.98. The van der Waals surface area contributed by atoms with E-state index in [9.17, 15) is 0 Å². The Bertz CT molecular complexity index is 375. The van der Waals surface area contributed by atoms with Crippen LogP contribution in [0.5, 0.6) is 0 Å². The highest BCUT2D eigenvalue weighted by atomic mass is 32.2.